The lowest BCUT2D eigenvalue weighted by Gasteiger charge is -2.48. The van der Waals surface area contributed by atoms with Crippen molar-refractivity contribution in [3.63, 3.8) is 0 Å². The molecular formula is C32H34FN5O4. The maximum Gasteiger partial charge on any atom is 0.317 e. The summed E-state index contributed by atoms with van der Waals surface area (Å²) in [6, 6.07) is 18.0. The molecule has 2 saturated heterocycles. The highest BCUT2D eigenvalue weighted by Crippen LogP contribution is 2.40. The highest BCUT2D eigenvalue weighted by Gasteiger charge is 2.45. The molecule has 2 aromatic carbocycles. The summed E-state index contributed by atoms with van der Waals surface area (Å²) in [4.78, 5) is 31.4. The monoisotopic (exact) mass is 571 g/mol. The first-order valence-corrected chi connectivity index (χ1v) is 14.3. The molecule has 6 rings (SSSR count). The van der Waals surface area contributed by atoms with Crippen molar-refractivity contribution in [2.45, 2.75) is 52.0 Å². The number of hydrogen-bond acceptors (Lipinski definition) is 7. The van der Waals surface area contributed by atoms with Gasteiger partial charge in [0.2, 0.25) is 12.2 Å². The third kappa shape index (κ3) is 5.91. The summed E-state index contributed by atoms with van der Waals surface area (Å²) < 4.78 is 32.2. The topological polar surface area (TPSA) is 102 Å². The van der Waals surface area contributed by atoms with Gasteiger partial charge in [0.25, 0.3) is 0 Å². The summed E-state index contributed by atoms with van der Waals surface area (Å²) in [7, 11) is 0. The molecule has 0 saturated carbocycles. The predicted molar refractivity (Wildman–Crippen MR) is 154 cm³/mol. The Morgan fingerprint density at radius 3 is 2.57 bits per heavy atom. The SMILES string of the molecule is CC(=O)N1CCCCC1C1(C)COC(c2nc(-c3ccc(F)cc3)c(-c3ccnc(OCc4ccccc4)n3)[nH]2)OC1. The lowest BCUT2D eigenvalue weighted by atomic mass is 9.78. The highest BCUT2D eigenvalue weighted by molar-refractivity contribution is 5.76. The van der Waals surface area contributed by atoms with E-state index in [-0.39, 0.29) is 29.2 Å². The number of hydrogen-bond donors (Lipinski definition) is 1. The maximum atomic E-state index is 13.8. The lowest BCUT2D eigenvalue weighted by molar-refractivity contribution is -0.247. The second-order valence-electron chi connectivity index (χ2n) is 11.2. The molecule has 4 heterocycles. The first-order valence-electron chi connectivity index (χ1n) is 14.3. The number of carbonyl (C=O) groups is 1. The van der Waals surface area contributed by atoms with Crippen molar-refractivity contribution in [1.82, 2.24) is 24.8 Å². The van der Waals surface area contributed by atoms with Crippen LogP contribution >= 0.6 is 0 Å². The number of benzene rings is 2. The third-order valence-corrected chi connectivity index (χ3v) is 8.00. The molecule has 4 aromatic rings. The molecular weight excluding hydrogens is 537 g/mol. The fourth-order valence-electron chi connectivity index (χ4n) is 5.78. The molecule has 2 aliphatic heterocycles. The normalized spacial score (nSPS) is 22.6. The van der Waals surface area contributed by atoms with E-state index in [0.717, 1.165) is 31.4 Å². The van der Waals surface area contributed by atoms with Crippen molar-refractivity contribution in [3.8, 4) is 28.7 Å². The van der Waals surface area contributed by atoms with Crippen molar-refractivity contribution in [2.24, 2.45) is 5.41 Å². The second-order valence-corrected chi connectivity index (χ2v) is 11.2. The number of imidazole rings is 1. The highest BCUT2D eigenvalue weighted by atomic mass is 19.1. The number of likely N-dealkylation sites (tertiary alicyclic amines) is 1. The zero-order chi connectivity index (χ0) is 29.1. The van der Waals surface area contributed by atoms with E-state index in [1.54, 1.807) is 31.3 Å². The van der Waals surface area contributed by atoms with E-state index < -0.39 is 6.29 Å². The molecule has 1 atom stereocenters. The average Bonchev–Trinajstić information content (AvgIpc) is 3.47. The average molecular weight is 572 g/mol. The Balaban J connectivity index is 1.26. The smallest absolute Gasteiger partial charge is 0.317 e. The summed E-state index contributed by atoms with van der Waals surface area (Å²) in [5.41, 5.74) is 3.12. The Morgan fingerprint density at radius 2 is 1.83 bits per heavy atom. The van der Waals surface area contributed by atoms with Gasteiger partial charge in [-0.15, -0.1) is 0 Å². The Hall–Kier alpha value is -4.15. The van der Waals surface area contributed by atoms with E-state index >= 15 is 0 Å². The van der Waals surface area contributed by atoms with Crippen molar-refractivity contribution in [3.05, 3.63) is 84.1 Å². The zero-order valence-electron chi connectivity index (χ0n) is 23.8. The van der Waals surface area contributed by atoms with Gasteiger partial charge in [-0.2, -0.15) is 4.98 Å². The van der Waals surface area contributed by atoms with Crippen LogP contribution < -0.4 is 4.74 Å². The number of carbonyl (C=O) groups excluding carboxylic acids is 1. The van der Waals surface area contributed by atoms with Gasteiger partial charge in [-0.1, -0.05) is 37.3 Å². The largest absolute Gasteiger partial charge is 0.459 e. The van der Waals surface area contributed by atoms with Crippen molar-refractivity contribution < 1.29 is 23.4 Å². The minimum absolute atomic E-state index is 0.0574. The maximum absolute atomic E-state index is 13.8. The van der Waals surface area contributed by atoms with Crippen LogP contribution in [-0.2, 0) is 20.9 Å². The summed E-state index contributed by atoms with van der Waals surface area (Å²) in [6.07, 6.45) is 3.90. The van der Waals surface area contributed by atoms with Gasteiger partial charge in [-0.3, -0.25) is 4.79 Å². The van der Waals surface area contributed by atoms with Crippen LogP contribution in [0.5, 0.6) is 6.01 Å². The first-order chi connectivity index (χ1) is 20.4. The van der Waals surface area contributed by atoms with Gasteiger partial charge in [0, 0.05) is 36.7 Å². The number of nitrogens with zero attached hydrogens (tertiary/aromatic N) is 4. The number of halogens is 1. The van der Waals surface area contributed by atoms with Crippen molar-refractivity contribution in [1.29, 1.82) is 0 Å². The van der Waals surface area contributed by atoms with Gasteiger partial charge in [0.1, 0.15) is 12.4 Å². The van der Waals surface area contributed by atoms with Crippen molar-refractivity contribution in [2.75, 3.05) is 19.8 Å². The number of nitrogens with one attached hydrogen (secondary N) is 1. The van der Waals surface area contributed by atoms with E-state index in [1.807, 2.05) is 35.2 Å². The van der Waals surface area contributed by atoms with E-state index in [4.69, 9.17) is 19.2 Å². The number of piperidine rings is 1. The molecule has 218 valence electrons. The Morgan fingerprint density at radius 1 is 1.07 bits per heavy atom. The van der Waals surface area contributed by atoms with Gasteiger partial charge < -0.3 is 24.1 Å². The van der Waals surface area contributed by atoms with Gasteiger partial charge in [0.15, 0.2) is 5.82 Å². The fourth-order valence-corrected chi connectivity index (χ4v) is 5.78. The number of amides is 1. The number of aromatic amines is 1. The molecule has 1 unspecified atom stereocenters. The van der Waals surface area contributed by atoms with E-state index in [2.05, 4.69) is 21.9 Å². The number of aromatic nitrogens is 4. The molecule has 0 aliphatic carbocycles. The predicted octanol–water partition coefficient (Wildman–Crippen LogP) is 5.70. The molecule has 0 bridgehead atoms. The van der Waals surface area contributed by atoms with Crippen LogP contribution in [0.1, 0.15) is 50.8 Å². The fraction of sp³-hybridized carbons (Fsp3) is 0.375. The summed E-state index contributed by atoms with van der Waals surface area (Å²) in [5.74, 6) is 0.221. The molecule has 0 radical (unpaired) electrons. The van der Waals surface area contributed by atoms with Crippen LogP contribution in [0.3, 0.4) is 0 Å². The third-order valence-electron chi connectivity index (χ3n) is 8.00. The Bertz CT molecular complexity index is 1520. The van der Waals surface area contributed by atoms with Crippen LogP contribution in [0, 0.1) is 11.2 Å². The lowest BCUT2D eigenvalue weighted by Crippen LogP contribution is -2.56. The minimum Gasteiger partial charge on any atom is -0.459 e. The Kier molecular flexibility index (Phi) is 7.99. The summed E-state index contributed by atoms with van der Waals surface area (Å²) in [5, 5.41) is 0. The first kappa shape index (κ1) is 28.0. The molecule has 2 fully saturated rings. The molecule has 2 aliphatic rings. The zero-order valence-corrected chi connectivity index (χ0v) is 23.8. The molecule has 42 heavy (non-hydrogen) atoms. The quantitative estimate of drug-likeness (QED) is 0.303. The van der Waals surface area contributed by atoms with Gasteiger partial charge in [-0.05, 0) is 55.2 Å². The Labute approximate surface area is 244 Å². The minimum atomic E-state index is -0.740. The van der Waals surface area contributed by atoms with Crippen LogP contribution in [-0.4, -0.2) is 56.5 Å². The summed E-state index contributed by atoms with van der Waals surface area (Å²) in [6.45, 7) is 5.66. The van der Waals surface area contributed by atoms with E-state index in [1.165, 1.54) is 12.1 Å². The molecule has 9 nitrogen and oxygen atoms in total. The molecule has 1 amide bonds. The molecule has 1 N–H and O–H groups in total. The van der Waals surface area contributed by atoms with E-state index in [9.17, 15) is 9.18 Å². The number of H-pyrrole nitrogens is 1. The van der Waals surface area contributed by atoms with Crippen LogP contribution in [0.2, 0.25) is 0 Å². The van der Waals surface area contributed by atoms with Gasteiger partial charge >= 0.3 is 6.01 Å². The molecule has 2 aromatic heterocycles. The summed E-state index contributed by atoms with van der Waals surface area (Å²) >= 11 is 0. The van der Waals surface area contributed by atoms with Crippen LogP contribution in [0.4, 0.5) is 4.39 Å². The van der Waals surface area contributed by atoms with E-state index in [0.29, 0.717) is 48.3 Å². The number of rotatable bonds is 7. The van der Waals surface area contributed by atoms with Crippen LogP contribution in [0.15, 0.2) is 66.9 Å². The second kappa shape index (κ2) is 12.0. The van der Waals surface area contributed by atoms with Gasteiger partial charge in [0.05, 0.1) is 30.3 Å². The molecule has 0 spiro atoms. The van der Waals surface area contributed by atoms with Crippen LogP contribution in [0.25, 0.3) is 22.6 Å². The number of ether oxygens (including phenoxy) is 3. The standard InChI is InChI=1S/C32H34FN5O4/c1-21(39)38-17-7-6-10-26(38)32(2)19-41-30(42-20-32)29-36-27(23-11-13-24(33)14-12-23)28(37-29)25-15-16-34-31(35-25)40-18-22-8-4-3-5-9-22/h3-5,8-9,11-16,26,30H,6-7,10,17-20H2,1-2H3,(H,36,37). The van der Waals surface area contributed by atoms with Crippen molar-refractivity contribution >= 4 is 5.91 Å². The molecule has 10 heteroatoms. The van der Waals surface area contributed by atoms with Gasteiger partial charge in [-0.25, -0.2) is 14.4 Å².